The molecule has 1 atom stereocenters. The van der Waals surface area contributed by atoms with Gasteiger partial charge < -0.3 is 5.32 Å². The summed E-state index contributed by atoms with van der Waals surface area (Å²) in [7, 11) is 0. The second-order valence-electron chi connectivity index (χ2n) is 5.69. The van der Waals surface area contributed by atoms with Crippen LogP contribution in [-0.2, 0) is 24.2 Å². The van der Waals surface area contributed by atoms with Gasteiger partial charge in [-0.05, 0) is 24.5 Å². The van der Waals surface area contributed by atoms with Crippen molar-refractivity contribution in [1.29, 1.82) is 0 Å². The molecule has 4 nitrogen and oxygen atoms in total. The van der Waals surface area contributed by atoms with Crippen LogP contribution in [0.3, 0.4) is 0 Å². The minimum absolute atomic E-state index is 0.0937. The average molecular weight is 315 g/mol. The summed E-state index contributed by atoms with van der Waals surface area (Å²) in [6.45, 7) is 4.44. The van der Waals surface area contributed by atoms with Crippen LogP contribution in [-0.4, -0.2) is 34.9 Å². The third-order valence-electron chi connectivity index (χ3n) is 4.25. The summed E-state index contributed by atoms with van der Waals surface area (Å²) in [6.07, 6.45) is 1.82. The van der Waals surface area contributed by atoms with Crippen LogP contribution in [0.15, 0.2) is 35.2 Å². The quantitative estimate of drug-likeness (QED) is 0.920. The standard InChI is InChI=1S/C17H21N3OS/c1-13(17(21)18-8-6-16-11-22-12-19-16)20-9-7-14-4-2-3-5-15(14)10-20/h2-5,11-13H,6-10H2,1H3,(H,18,21). The Labute approximate surface area is 135 Å². The molecule has 0 saturated heterocycles. The molecule has 0 fully saturated rings. The van der Waals surface area contributed by atoms with Crippen molar-refractivity contribution in [2.75, 3.05) is 13.1 Å². The lowest BCUT2D eigenvalue weighted by molar-refractivity contribution is -0.126. The SMILES string of the molecule is CC(C(=O)NCCc1cscn1)N1CCc2ccccc2C1. The van der Waals surface area contributed by atoms with Gasteiger partial charge in [-0.1, -0.05) is 24.3 Å². The van der Waals surface area contributed by atoms with Crippen LogP contribution in [0, 0.1) is 0 Å². The number of fused-ring (bicyclic) bond motifs is 1. The number of carbonyl (C=O) groups is 1. The van der Waals surface area contributed by atoms with Crippen LogP contribution in [0.5, 0.6) is 0 Å². The topological polar surface area (TPSA) is 45.2 Å². The minimum atomic E-state index is -0.0937. The molecule has 1 unspecified atom stereocenters. The van der Waals surface area contributed by atoms with Crippen LogP contribution >= 0.6 is 11.3 Å². The smallest absolute Gasteiger partial charge is 0.237 e. The highest BCUT2D eigenvalue weighted by Gasteiger charge is 2.24. The molecule has 1 aromatic carbocycles. The molecule has 0 bridgehead atoms. The fourth-order valence-electron chi connectivity index (χ4n) is 2.84. The average Bonchev–Trinajstić information content (AvgIpc) is 3.07. The van der Waals surface area contributed by atoms with Crippen LogP contribution in [0.2, 0.25) is 0 Å². The first-order valence-corrected chi connectivity index (χ1v) is 8.64. The van der Waals surface area contributed by atoms with E-state index in [1.807, 2.05) is 17.8 Å². The number of amides is 1. The number of hydrogen-bond acceptors (Lipinski definition) is 4. The van der Waals surface area contributed by atoms with E-state index in [0.717, 1.165) is 31.6 Å². The molecule has 0 radical (unpaired) electrons. The molecular formula is C17H21N3OS. The third kappa shape index (κ3) is 3.54. The maximum absolute atomic E-state index is 12.3. The Hall–Kier alpha value is -1.72. The molecule has 116 valence electrons. The second kappa shape index (κ2) is 7.03. The number of nitrogens with one attached hydrogen (secondary N) is 1. The molecule has 22 heavy (non-hydrogen) atoms. The van der Waals surface area contributed by atoms with Crippen LogP contribution < -0.4 is 5.32 Å². The molecule has 1 aliphatic heterocycles. The van der Waals surface area contributed by atoms with Gasteiger partial charge in [-0.25, -0.2) is 4.98 Å². The molecule has 1 amide bonds. The Morgan fingerprint density at radius 2 is 2.23 bits per heavy atom. The number of nitrogens with zero attached hydrogens (tertiary/aromatic N) is 2. The third-order valence-corrected chi connectivity index (χ3v) is 4.89. The number of rotatable bonds is 5. The Morgan fingerprint density at radius 1 is 1.41 bits per heavy atom. The van der Waals surface area contributed by atoms with Crippen molar-refractivity contribution in [1.82, 2.24) is 15.2 Å². The molecule has 1 aromatic heterocycles. The van der Waals surface area contributed by atoms with Crippen LogP contribution in [0.25, 0.3) is 0 Å². The zero-order valence-corrected chi connectivity index (χ0v) is 13.6. The first kappa shape index (κ1) is 15.2. The number of thiazole rings is 1. The van der Waals surface area contributed by atoms with Crippen LogP contribution in [0.1, 0.15) is 23.7 Å². The fourth-order valence-corrected chi connectivity index (χ4v) is 3.43. The summed E-state index contributed by atoms with van der Waals surface area (Å²) in [5, 5.41) is 5.05. The largest absolute Gasteiger partial charge is 0.354 e. The van der Waals surface area contributed by atoms with Gasteiger partial charge >= 0.3 is 0 Å². The van der Waals surface area contributed by atoms with Gasteiger partial charge in [0.15, 0.2) is 0 Å². The molecule has 2 heterocycles. The molecule has 1 aliphatic rings. The van der Waals surface area contributed by atoms with Crippen molar-refractivity contribution in [3.8, 4) is 0 Å². The minimum Gasteiger partial charge on any atom is -0.354 e. The van der Waals surface area contributed by atoms with Crippen molar-refractivity contribution < 1.29 is 4.79 Å². The Kier molecular flexibility index (Phi) is 4.85. The van der Waals surface area contributed by atoms with Gasteiger partial charge in [-0.2, -0.15) is 0 Å². The molecule has 3 rings (SSSR count). The highest BCUT2D eigenvalue weighted by molar-refractivity contribution is 7.07. The predicted molar refractivity (Wildman–Crippen MR) is 88.8 cm³/mol. The first-order chi connectivity index (χ1) is 10.7. The van der Waals surface area contributed by atoms with Gasteiger partial charge in [0.05, 0.1) is 17.2 Å². The Balaban J connectivity index is 1.51. The van der Waals surface area contributed by atoms with E-state index in [-0.39, 0.29) is 11.9 Å². The van der Waals surface area contributed by atoms with Gasteiger partial charge in [-0.15, -0.1) is 11.3 Å². The molecule has 2 aromatic rings. The first-order valence-electron chi connectivity index (χ1n) is 7.69. The van der Waals surface area contributed by atoms with E-state index in [4.69, 9.17) is 0 Å². The van der Waals surface area contributed by atoms with E-state index in [1.165, 1.54) is 11.1 Å². The van der Waals surface area contributed by atoms with Gasteiger partial charge in [-0.3, -0.25) is 9.69 Å². The molecule has 1 N–H and O–H groups in total. The lowest BCUT2D eigenvalue weighted by atomic mass is 9.99. The van der Waals surface area contributed by atoms with Gasteiger partial charge in [0, 0.05) is 31.4 Å². The van der Waals surface area contributed by atoms with Crippen molar-refractivity contribution in [2.24, 2.45) is 0 Å². The monoisotopic (exact) mass is 315 g/mol. The van der Waals surface area contributed by atoms with Crippen molar-refractivity contribution in [2.45, 2.75) is 32.4 Å². The lowest BCUT2D eigenvalue weighted by Crippen LogP contribution is -2.47. The van der Waals surface area contributed by atoms with E-state index < -0.39 is 0 Å². The summed E-state index contributed by atoms with van der Waals surface area (Å²) in [5.41, 5.74) is 5.63. The van der Waals surface area contributed by atoms with E-state index >= 15 is 0 Å². The normalized spacial score (nSPS) is 16.0. The maximum Gasteiger partial charge on any atom is 0.237 e. The van der Waals surface area contributed by atoms with E-state index in [9.17, 15) is 4.79 Å². The van der Waals surface area contributed by atoms with E-state index in [2.05, 4.69) is 39.5 Å². The van der Waals surface area contributed by atoms with Crippen molar-refractivity contribution in [3.05, 3.63) is 52.0 Å². The summed E-state index contributed by atoms with van der Waals surface area (Å²) >= 11 is 1.59. The van der Waals surface area contributed by atoms with E-state index in [0.29, 0.717) is 6.54 Å². The Bertz CT molecular complexity index is 627. The predicted octanol–water partition coefficient (Wildman–Crippen LogP) is 2.25. The van der Waals surface area contributed by atoms with Crippen LogP contribution in [0.4, 0.5) is 0 Å². The van der Waals surface area contributed by atoms with Gasteiger partial charge in [0.1, 0.15) is 0 Å². The summed E-state index contributed by atoms with van der Waals surface area (Å²) in [5.74, 6) is 0.106. The molecule has 0 saturated carbocycles. The zero-order chi connectivity index (χ0) is 15.4. The summed E-state index contributed by atoms with van der Waals surface area (Å²) < 4.78 is 0. The van der Waals surface area contributed by atoms with Gasteiger partial charge in [0.2, 0.25) is 5.91 Å². The second-order valence-corrected chi connectivity index (χ2v) is 6.40. The number of benzene rings is 1. The maximum atomic E-state index is 12.3. The molecule has 5 heteroatoms. The molecular weight excluding hydrogens is 294 g/mol. The molecule has 0 aliphatic carbocycles. The molecule has 0 spiro atoms. The Morgan fingerprint density at radius 3 is 3.00 bits per heavy atom. The lowest BCUT2D eigenvalue weighted by Gasteiger charge is -2.32. The number of aromatic nitrogens is 1. The number of carbonyl (C=O) groups excluding carboxylic acids is 1. The number of hydrogen-bond donors (Lipinski definition) is 1. The zero-order valence-electron chi connectivity index (χ0n) is 12.8. The summed E-state index contributed by atoms with van der Waals surface area (Å²) in [4.78, 5) is 18.8. The highest BCUT2D eigenvalue weighted by Crippen LogP contribution is 2.20. The van der Waals surface area contributed by atoms with Crippen molar-refractivity contribution >= 4 is 17.2 Å². The summed E-state index contributed by atoms with van der Waals surface area (Å²) in [6, 6.07) is 8.41. The highest BCUT2D eigenvalue weighted by atomic mass is 32.1. The van der Waals surface area contributed by atoms with Crippen molar-refractivity contribution in [3.63, 3.8) is 0 Å². The fraction of sp³-hybridized carbons (Fsp3) is 0.412. The van der Waals surface area contributed by atoms with Gasteiger partial charge in [0.25, 0.3) is 0 Å². The van der Waals surface area contributed by atoms with E-state index in [1.54, 1.807) is 11.3 Å².